The number of nitro benzene ring substituents is 1. The monoisotopic (exact) mass is 391 g/mol. The second-order valence-electron chi connectivity index (χ2n) is 6.20. The fraction of sp³-hybridized carbons (Fsp3) is 0.571. The molecular formula is C14H21N3O6S2. The Kier molecular flexibility index (Phi) is 5.82. The molecule has 140 valence electrons. The van der Waals surface area contributed by atoms with E-state index in [9.17, 15) is 26.9 Å². The minimum atomic E-state index is -3.88. The first-order valence-corrected chi connectivity index (χ1v) is 11.0. The number of sulfonamides is 2. The number of nitrogens with zero attached hydrogens (tertiary/aromatic N) is 2. The SMILES string of the molecule is Cc1ccc([N+](=O)[O-])cc1S(=O)(=O)N1CCC[C@H](CNS(C)(=O)=O)C1. The third-order valence-electron chi connectivity index (χ3n) is 4.12. The molecule has 1 aliphatic rings. The molecule has 1 aliphatic heterocycles. The number of hydrogen-bond donors (Lipinski definition) is 1. The molecule has 2 rings (SSSR count). The summed E-state index contributed by atoms with van der Waals surface area (Å²) in [5.41, 5.74) is 0.151. The van der Waals surface area contributed by atoms with Crippen LogP contribution in [0.2, 0.25) is 0 Å². The minimum absolute atomic E-state index is 0.0848. The molecule has 25 heavy (non-hydrogen) atoms. The Morgan fingerprint density at radius 1 is 1.32 bits per heavy atom. The lowest BCUT2D eigenvalue weighted by molar-refractivity contribution is -0.385. The molecule has 0 saturated carbocycles. The first kappa shape index (κ1) is 19.8. The quantitative estimate of drug-likeness (QED) is 0.566. The van der Waals surface area contributed by atoms with Crippen LogP contribution in [0.1, 0.15) is 18.4 Å². The van der Waals surface area contributed by atoms with Crippen LogP contribution in [-0.2, 0) is 20.0 Å². The van der Waals surface area contributed by atoms with Crippen molar-refractivity contribution in [2.45, 2.75) is 24.7 Å². The number of hydrogen-bond acceptors (Lipinski definition) is 6. The molecule has 9 nitrogen and oxygen atoms in total. The van der Waals surface area contributed by atoms with Crippen molar-refractivity contribution in [1.82, 2.24) is 9.03 Å². The van der Waals surface area contributed by atoms with E-state index in [1.54, 1.807) is 6.92 Å². The minimum Gasteiger partial charge on any atom is -0.258 e. The summed E-state index contributed by atoms with van der Waals surface area (Å²) in [5, 5.41) is 10.9. The van der Waals surface area contributed by atoms with Crippen molar-refractivity contribution in [2.75, 3.05) is 25.9 Å². The van der Waals surface area contributed by atoms with E-state index in [-0.39, 0.29) is 29.6 Å². The fourth-order valence-corrected chi connectivity index (χ4v) is 5.14. The summed E-state index contributed by atoms with van der Waals surface area (Å²) in [7, 11) is -7.23. The van der Waals surface area contributed by atoms with Gasteiger partial charge in [-0.1, -0.05) is 6.07 Å². The predicted octanol–water partition coefficient (Wildman–Crippen LogP) is 0.853. The molecule has 1 N–H and O–H groups in total. The Bertz CT molecular complexity index is 867. The summed E-state index contributed by atoms with van der Waals surface area (Å²) in [6.07, 6.45) is 2.36. The van der Waals surface area contributed by atoms with Crippen LogP contribution in [0.15, 0.2) is 23.1 Å². The van der Waals surface area contributed by atoms with Crippen LogP contribution >= 0.6 is 0 Å². The standard InChI is InChI=1S/C14H21N3O6S2/c1-11-5-6-13(17(18)19)8-14(11)25(22,23)16-7-3-4-12(10-16)9-15-24(2,20)21/h5-6,8,12,15H,3-4,7,9-10H2,1-2H3/t12-/m1/s1. The molecule has 0 amide bonds. The highest BCUT2D eigenvalue weighted by Gasteiger charge is 2.32. The molecule has 1 heterocycles. The Hall–Kier alpha value is -1.56. The van der Waals surface area contributed by atoms with Gasteiger partial charge >= 0.3 is 0 Å². The molecule has 0 radical (unpaired) electrons. The molecule has 11 heteroatoms. The van der Waals surface area contributed by atoms with E-state index in [0.717, 1.165) is 12.3 Å². The van der Waals surface area contributed by atoms with E-state index in [0.29, 0.717) is 24.9 Å². The van der Waals surface area contributed by atoms with Crippen molar-refractivity contribution in [2.24, 2.45) is 5.92 Å². The molecule has 1 aromatic carbocycles. The summed E-state index contributed by atoms with van der Waals surface area (Å²) in [4.78, 5) is 10.2. The van der Waals surface area contributed by atoms with E-state index in [4.69, 9.17) is 0 Å². The van der Waals surface area contributed by atoms with Crippen LogP contribution in [0.3, 0.4) is 0 Å². The van der Waals surface area contributed by atoms with Gasteiger partial charge in [-0.15, -0.1) is 0 Å². The molecule has 1 saturated heterocycles. The molecule has 0 bridgehead atoms. The van der Waals surface area contributed by atoms with E-state index in [1.807, 2.05) is 0 Å². The van der Waals surface area contributed by atoms with Crippen LogP contribution in [0.5, 0.6) is 0 Å². The summed E-state index contributed by atoms with van der Waals surface area (Å²) in [5.74, 6) is -0.141. The molecule has 0 aliphatic carbocycles. The summed E-state index contributed by atoms with van der Waals surface area (Å²) in [6, 6.07) is 3.75. The largest absolute Gasteiger partial charge is 0.270 e. The first-order valence-electron chi connectivity index (χ1n) is 7.70. The van der Waals surface area contributed by atoms with Gasteiger partial charge in [0.05, 0.1) is 16.1 Å². The highest BCUT2D eigenvalue weighted by Crippen LogP contribution is 2.28. The van der Waals surface area contributed by atoms with Crippen molar-refractivity contribution in [3.8, 4) is 0 Å². The molecule has 1 fully saturated rings. The maximum Gasteiger partial charge on any atom is 0.270 e. The highest BCUT2D eigenvalue weighted by atomic mass is 32.2. The van der Waals surface area contributed by atoms with Gasteiger partial charge in [0.25, 0.3) is 5.69 Å². The average Bonchev–Trinajstić information content (AvgIpc) is 2.52. The second kappa shape index (κ2) is 7.36. The Labute approximate surface area is 147 Å². The molecule has 1 atom stereocenters. The van der Waals surface area contributed by atoms with Crippen molar-refractivity contribution in [3.63, 3.8) is 0 Å². The lowest BCUT2D eigenvalue weighted by Crippen LogP contribution is -2.43. The molecule has 0 spiro atoms. The third kappa shape index (κ3) is 4.97. The third-order valence-corrected chi connectivity index (χ3v) is 6.81. The smallest absolute Gasteiger partial charge is 0.258 e. The first-order chi connectivity index (χ1) is 11.5. The van der Waals surface area contributed by atoms with Gasteiger partial charge in [0, 0.05) is 31.8 Å². The molecule has 0 unspecified atom stereocenters. The zero-order valence-electron chi connectivity index (χ0n) is 14.0. The maximum atomic E-state index is 12.9. The zero-order valence-corrected chi connectivity index (χ0v) is 15.6. The second-order valence-corrected chi connectivity index (χ2v) is 9.94. The zero-order chi connectivity index (χ0) is 18.8. The van der Waals surface area contributed by atoms with E-state index >= 15 is 0 Å². The number of non-ortho nitro benzene ring substituents is 1. The average molecular weight is 391 g/mol. The van der Waals surface area contributed by atoms with E-state index in [1.165, 1.54) is 16.4 Å². The molecule has 0 aromatic heterocycles. The van der Waals surface area contributed by atoms with Gasteiger partial charge in [0.2, 0.25) is 20.0 Å². The maximum absolute atomic E-state index is 12.9. The fourth-order valence-electron chi connectivity index (χ4n) is 2.80. The van der Waals surface area contributed by atoms with Crippen LogP contribution in [-0.4, -0.2) is 52.0 Å². The van der Waals surface area contributed by atoms with Gasteiger partial charge in [-0.2, -0.15) is 4.31 Å². The lowest BCUT2D eigenvalue weighted by Gasteiger charge is -2.32. The van der Waals surface area contributed by atoms with Gasteiger partial charge < -0.3 is 0 Å². The van der Waals surface area contributed by atoms with Crippen LogP contribution in [0.4, 0.5) is 5.69 Å². The van der Waals surface area contributed by atoms with Gasteiger partial charge in [0.1, 0.15) is 0 Å². The van der Waals surface area contributed by atoms with Crippen LogP contribution in [0.25, 0.3) is 0 Å². The van der Waals surface area contributed by atoms with Crippen LogP contribution < -0.4 is 4.72 Å². The number of benzene rings is 1. The van der Waals surface area contributed by atoms with Crippen molar-refractivity contribution < 1.29 is 21.8 Å². The lowest BCUT2D eigenvalue weighted by atomic mass is 10.0. The Morgan fingerprint density at radius 2 is 2.00 bits per heavy atom. The van der Waals surface area contributed by atoms with Crippen molar-refractivity contribution in [3.05, 3.63) is 33.9 Å². The van der Waals surface area contributed by atoms with Gasteiger partial charge in [-0.3, -0.25) is 10.1 Å². The predicted molar refractivity (Wildman–Crippen MR) is 92.2 cm³/mol. The molecular weight excluding hydrogens is 370 g/mol. The Morgan fingerprint density at radius 3 is 2.60 bits per heavy atom. The normalized spacial score (nSPS) is 19.7. The van der Waals surface area contributed by atoms with Crippen molar-refractivity contribution >= 4 is 25.7 Å². The van der Waals surface area contributed by atoms with Gasteiger partial charge in [-0.25, -0.2) is 21.6 Å². The number of rotatable bonds is 6. The van der Waals surface area contributed by atoms with Gasteiger partial charge in [-0.05, 0) is 31.2 Å². The van der Waals surface area contributed by atoms with Crippen LogP contribution in [0, 0.1) is 23.0 Å². The topological polar surface area (TPSA) is 127 Å². The van der Waals surface area contributed by atoms with Gasteiger partial charge in [0.15, 0.2) is 0 Å². The summed E-state index contributed by atoms with van der Waals surface area (Å²) < 4.78 is 51.9. The molecule has 1 aromatic rings. The Balaban J connectivity index is 2.24. The number of nitrogens with one attached hydrogen (secondary N) is 1. The highest BCUT2D eigenvalue weighted by molar-refractivity contribution is 7.89. The number of aryl methyl sites for hydroxylation is 1. The number of nitro groups is 1. The van der Waals surface area contributed by atoms with E-state index < -0.39 is 25.0 Å². The number of piperidine rings is 1. The summed E-state index contributed by atoms with van der Waals surface area (Å²) >= 11 is 0. The van der Waals surface area contributed by atoms with Crippen molar-refractivity contribution in [1.29, 1.82) is 0 Å². The summed E-state index contributed by atoms with van der Waals surface area (Å²) in [6.45, 7) is 2.23. The van der Waals surface area contributed by atoms with E-state index in [2.05, 4.69) is 4.72 Å².